The van der Waals surface area contributed by atoms with Gasteiger partial charge in [0.25, 0.3) is 0 Å². The summed E-state index contributed by atoms with van der Waals surface area (Å²) in [7, 11) is 0. The number of fused-ring (bicyclic) bond motifs is 11. The molecular formula is C47H27N5. The first-order valence-electron chi connectivity index (χ1n) is 17.6. The van der Waals surface area contributed by atoms with Crippen molar-refractivity contribution in [3.8, 4) is 45.5 Å². The zero-order valence-corrected chi connectivity index (χ0v) is 27.8. The first-order valence-corrected chi connectivity index (χ1v) is 17.6. The Bertz CT molecular complexity index is 3070. The number of rotatable bonds is 3. The molecule has 3 aromatic heterocycles. The van der Waals surface area contributed by atoms with Crippen molar-refractivity contribution >= 4 is 65.2 Å². The number of aromatic nitrogens is 5. The minimum Gasteiger partial charge on any atom is -0.278 e. The van der Waals surface area contributed by atoms with Gasteiger partial charge in [0, 0.05) is 27.1 Å². The Morgan fingerprint density at radius 3 is 1.35 bits per heavy atom. The molecule has 240 valence electrons. The van der Waals surface area contributed by atoms with Gasteiger partial charge >= 0.3 is 0 Å². The molecule has 12 rings (SSSR count). The molecule has 0 unspecified atom stereocenters. The van der Waals surface area contributed by atoms with Gasteiger partial charge in [-0.25, -0.2) is 0 Å². The van der Waals surface area contributed by atoms with E-state index < -0.39 is 0 Å². The highest BCUT2D eigenvalue weighted by Gasteiger charge is 2.26. The lowest BCUT2D eigenvalue weighted by molar-refractivity contribution is 0.893. The Morgan fingerprint density at radius 1 is 0.308 bits per heavy atom. The minimum absolute atomic E-state index is 0.580. The van der Waals surface area contributed by atoms with Crippen molar-refractivity contribution in [2.75, 3.05) is 0 Å². The number of hydrogen-bond donors (Lipinski definition) is 0. The predicted molar refractivity (Wildman–Crippen MR) is 213 cm³/mol. The second-order valence-corrected chi connectivity index (χ2v) is 13.6. The molecule has 5 nitrogen and oxygen atoms in total. The van der Waals surface area contributed by atoms with E-state index in [2.05, 4.69) is 173 Å². The summed E-state index contributed by atoms with van der Waals surface area (Å²) in [5, 5.41) is 9.53. The van der Waals surface area contributed by atoms with E-state index >= 15 is 0 Å². The van der Waals surface area contributed by atoms with Crippen molar-refractivity contribution in [1.82, 2.24) is 24.1 Å². The van der Waals surface area contributed by atoms with Crippen LogP contribution in [0.2, 0.25) is 0 Å². The maximum Gasteiger partial charge on any atom is 0.240 e. The minimum atomic E-state index is 0.580. The Labute approximate surface area is 297 Å². The van der Waals surface area contributed by atoms with E-state index in [0.717, 1.165) is 54.6 Å². The van der Waals surface area contributed by atoms with Gasteiger partial charge in [0.1, 0.15) is 0 Å². The number of para-hydroxylation sites is 4. The highest BCUT2D eigenvalue weighted by atomic mass is 15.3. The van der Waals surface area contributed by atoms with Crippen LogP contribution in [0.4, 0.5) is 0 Å². The number of nitrogens with zero attached hydrogens (tertiary/aromatic N) is 5. The molecule has 11 aromatic rings. The standard InChI is InChI=1S/C47H27N5/c1-2-13-29-28(12-1)24-25-35-36-26-27-37(34-18-11-19-38(43(29)35)44(34)36)45-48-46(51-39-20-7-3-14-30(39)31-15-4-8-21-40(31)51)50-47(49-45)52-41-22-9-5-16-32(41)33-17-6-10-23-42(33)52/h1-27H. The van der Waals surface area contributed by atoms with Crippen LogP contribution in [-0.4, -0.2) is 24.1 Å². The Kier molecular flexibility index (Phi) is 5.44. The maximum absolute atomic E-state index is 5.37. The smallest absolute Gasteiger partial charge is 0.240 e. The summed E-state index contributed by atoms with van der Waals surface area (Å²) in [5.41, 5.74) is 10.2. The molecule has 5 heteroatoms. The average Bonchev–Trinajstić information content (AvgIpc) is 3.85. The molecule has 1 aliphatic rings. The Hall–Kier alpha value is -7.11. The van der Waals surface area contributed by atoms with E-state index in [1.807, 2.05) is 0 Å². The molecule has 0 atom stereocenters. The lowest BCUT2D eigenvalue weighted by Gasteiger charge is -2.14. The van der Waals surface area contributed by atoms with Crippen LogP contribution in [0, 0.1) is 0 Å². The van der Waals surface area contributed by atoms with Crippen LogP contribution in [0.25, 0.3) is 111 Å². The normalized spacial score (nSPS) is 12.2. The SMILES string of the molecule is c1ccc2c3c(ccc2c1)-c1ccc(-c2nc(-n4c5ccccc5c5ccccc54)nc(-n4c5ccccc5c5ccccc54)n2)c2cccc-3c12. The second kappa shape index (κ2) is 10.2. The van der Waals surface area contributed by atoms with E-state index in [-0.39, 0.29) is 0 Å². The van der Waals surface area contributed by atoms with Crippen LogP contribution >= 0.6 is 0 Å². The summed E-state index contributed by atoms with van der Waals surface area (Å²) in [6.07, 6.45) is 0. The third-order valence-corrected chi connectivity index (χ3v) is 10.9. The molecule has 0 radical (unpaired) electrons. The van der Waals surface area contributed by atoms with Crippen LogP contribution in [0.15, 0.2) is 164 Å². The second-order valence-electron chi connectivity index (χ2n) is 13.6. The van der Waals surface area contributed by atoms with Crippen LogP contribution in [0.1, 0.15) is 0 Å². The summed E-state index contributed by atoms with van der Waals surface area (Å²) in [6.45, 7) is 0. The molecule has 3 heterocycles. The van der Waals surface area contributed by atoms with Crippen LogP contribution in [0.5, 0.6) is 0 Å². The fraction of sp³-hybridized carbons (Fsp3) is 0. The molecule has 0 bridgehead atoms. The van der Waals surface area contributed by atoms with Crippen molar-refractivity contribution in [3.63, 3.8) is 0 Å². The average molecular weight is 662 g/mol. The molecule has 8 aromatic carbocycles. The third-order valence-electron chi connectivity index (χ3n) is 10.9. The summed E-state index contributed by atoms with van der Waals surface area (Å²) < 4.78 is 4.38. The van der Waals surface area contributed by atoms with Crippen molar-refractivity contribution < 1.29 is 0 Å². The summed E-state index contributed by atoms with van der Waals surface area (Å²) in [6, 6.07) is 58.3. The predicted octanol–water partition coefficient (Wildman–Crippen LogP) is 11.7. The first kappa shape index (κ1) is 27.7. The van der Waals surface area contributed by atoms with Gasteiger partial charge in [0.2, 0.25) is 11.9 Å². The number of benzene rings is 8. The zero-order valence-electron chi connectivity index (χ0n) is 27.8. The van der Waals surface area contributed by atoms with Crippen molar-refractivity contribution in [1.29, 1.82) is 0 Å². The first-order chi connectivity index (χ1) is 25.8. The van der Waals surface area contributed by atoms with Crippen molar-refractivity contribution in [2.24, 2.45) is 0 Å². The van der Waals surface area contributed by atoms with Gasteiger partial charge in [-0.15, -0.1) is 0 Å². The largest absolute Gasteiger partial charge is 0.278 e. The molecule has 0 spiro atoms. The van der Waals surface area contributed by atoms with Crippen LogP contribution < -0.4 is 0 Å². The molecule has 0 saturated carbocycles. The topological polar surface area (TPSA) is 48.5 Å². The third kappa shape index (κ3) is 3.64. The molecule has 0 saturated heterocycles. The van der Waals surface area contributed by atoms with Gasteiger partial charge in [-0.2, -0.15) is 15.0 Å². The molecule has 0 N–H and O–H groups in total. The van der Waals surface area contributed by atoms with Gasteiger partial charge in [0.15, 0.2) is 5.82 Å². The quantitative estimate of drug-likeness (QED) is 0.189. The van der Waals surface area contributed by atoms with Gasteiger partial charge in [-0.3, -0.25) is 9.13 Å². The Balaban J connectivity index is 1.19. The van der Waals surface area contributed by atoms with E-state index in [4.69, 9.17) is 15.0 Å². The monoisotopic (exact) mass is 661 g/mol. The fourth-order valence-corrected chi connectivity index (χ4v) is 8.77. The van der Waals surface area contributed by atoms with E-state index in [1.54, 1.807) is 0 Å². The zero-order chi connectivity index (χ0) is 33.9. The maximum atomic E-state index is 5.37. The van der Waals surface area contributed by atoms with Crippen LogP contribution in [0.3, 0.4) is 0 Å². The lowest BCUT2D eigenvalue weighted by Crippen LogP contribution is -2.10. The molecule has 1 aliphatic carbocycles. The van der Waals surface area contributed by atoms with Crippen LogP contribution in [-0.2, 0) is 0 Å². The van der Waals surface area contributed by atoms with E-state index in [1.165, 1.54) is 38.4 Å². The fourth-order valence-electron chi connectivity index (χ4n) is 8.77. The lowest BCUT2D eigenvalue weighted by atomic mass is 9.97. The van der Waals surface area contributed by atoms with Gasteiger partial charge < -0.3 is 0 Å². The Morgan fingerprint density at radius 2 is 0.769 bits per heavy atom. The number of hydrogen-bond acceptors (Lipinski definition) is 3. The molecule has 0 aliphatic heterocycles. The van der Waals surface area contributed by atoms with Crippen molar-refractivity contribution in [2.45, 2.75) is 0 Å². The highest BCUT2D eigenvalue weighted by molar-refractivity contribution is 6.23. The molecule has 52 heavy (non-hydrogen) atoms. The van der Waals surface area contributed by atoms with E-state index in [9.17, 15) is 0 Å². The van der Waals surface area contributed by atoms with Crippen molar-refractivity contribution in [3.05, 3.63) is 164 Å². The van der Waals surface area contributed by atoms with Gasteiger partial charge in [-0.1, -0.05) is 133 Å². The van der Waals surface area contributed by atoms with Gasteiger partial charge in [-0.05, 0) is 74.1 Å². The molecule has 0 fully saturated rings. The highest BCUT2D eigenvalue weighted by Crippen LogP contribution is 2.51. The molecular weight excluding hydrogens is 635 g/mol. The summed E-state index contributed by atoms with van der Waals surface area (Å²) >= 11 is 0. The van der Waals surface area contributed by atoms with E-state index in [0.29, 0.717) is 17.7 Å². The molecule has 0 amide bonds. The summed E-state index contributed by atoms with van der Waals surface area (Å²) in [4.78, 5) is 16.1. The van der Waals surface area contributed by atoms with Gasteiger partial charge in [0.05, 0.1) is 22.1 Å². The summed E-state index contributed by atoms with van der Waals surface area (Å²) in [5.74, 6) is 1.79.